The van der Waals surface area contributed by atoms with E-state index in [9.17, 15) is 4.79 Å². The summed E-state index contributed by atoms with van der Waals surface area (Å²) in [6, 6.07) is 13.6. The quantitative estimate of drug-likeness (QED) is 0.852. The third kappa shape index (κ3) is 5.87. The van der Waals surface area contributed by atoms with Gasteiger partial charge in [-0.1, -0.05) is 59.1 Å². The summed E-state index contributed by atoms with van der Waals surface area (Å²) in [5.74, 6) is -0.00636. The molecule has 0 radical (unpaired) electrons. The van der Waals surface area contributed by atoms with Gasteiger partial charge in [-0.2, -0.15) is 0 Å². The summed E-state index contributed by atoms with van der Waals surface area (Å²) in [6.07, 6.45) is 0. The summed E-state index contributed by atoms with van der Waals surface area (Å²) in [5, 5.41) is 3.99. The van der Waals surface area contributed by atoms with Gasteiger partial charge in [0.05, 0.1) is 16.6 Å². The highest BCUT2D eigenvalue weighted by molar-refractivity contribution is 6.42. The fourth-order valence-corrected chi connectivity index (χ4v) is 2.53. The molecule has 1 N–H and O–H groups in total. The smallest absolute Gasteiger partial charge is 0.234 e. The largest absolute Gasteiger partial charge is 0.351 e. The Balaban J connectivity index is 1.79. The third-order valence-electron chi connectivity index (χ3n) is 3.46. The van der Waals surface area contributed by atoms with Gasteiger partial charge in [0, 0.05) is 13.1 Å². The second kappa shape index (κ2) is 8.34. The molecule has 0 aromatic heterocycles. The molecule has 0 saturated carbocycles. The summed E-state index contributed by atoms with van der Waals surface area (Å²) >= 11 is 11.9. The van der Waals surface area contributed by atoms with Crippen LogP contribution in [0.25, 0.3) is 0 Å². The van der Waals surface area contributed by atoms with E-state index in [-0.39, 0.29) is 5.91 Å². The number of rotatable bonds is 6. The molecule has 5 heteroatoms. The molecule has 0 aliphatic rings. The molecule has 122 valence electrons. The Hall–Kier alpha value is -1.55. The lowest BCUT2D eigenvalue weighted by Crippen LogP contribution is -2.34. The summed E-state index contributed by atoms with van der Waals surface area (Å²) in [4.78, 5) is 13.9. The highest BCUT2D eigenvalue weighted by atomic mass is 35.5. The number of carbonyl (C=O) groups is 1. The third-order valence-corrected chi connectivity index (χ3v) is 4.20. The maximum atomic E-state index is 12.0. The van der Waals surface area contributed by atoms with E-state index < -0.39 is 0 Å². The number of likely N-dealkylation sites (N-methyl/N-ethyl adjacent to an activating group) is 1. The molecule has 0 aliphatic heterocycles. The Morgan fingerprint density at radius 2 is 1.70 bits per heavy atom. The Kier molecular flexibility index (Phi) is 6.46. The van der Waals surface area contributed by atoms with Gasteiger partial charge < -0.3 is 5.32 Å². The first-order valence-corrected chi connectivity index (χ1v) is 8.14. The van der Waals surface area contributed by atoms with Crippen LogP contribution < -0.4 is 5.32 Å². The zero-order valence-electron chi connectivity index (χ0n) is 13.3. The molecular formula is C18H20Cl2N2O. The number of aryl methyl sites for hydroxylation is 1. The van der Waals surface area contributed by atoms with E-state index in [4.69, 9.17) is 23.2 Å². The number of benzene rings is 2. The van der Waals surface area contributed by atoms with Gasteiger partial charge in [-0.25, -0.2) is 0 Å². The summed E-state index contributed by atoms with van der Waals surface area (Å²) in [5.41, 5.74) is 3.32. The Labute approximate surface area is 147 Å². The van der Waals surface area contributed by atoms with Crippen molar-refractivity contribution >= 4 is 29.1 Å². The lowest BCUT2D eigenvalue weighted by Gasteiger charge is -2.16. The first kappa shape index (κ1) is 17.8. The first-order valence-electron chi connectivity index (χ1n) is 7.39. The summed E-state index contributed by atoms with van der Waals surface area (Å²) in [7, 11) is 1.90. The van der Waals surface area contributed by atoms with E-state index >= 15 is 0 Å². The second-order valence-electron chi connectivity index (χ2n) is 5.68. The summed E-state index contributed by atoms with van der Waals surface area (Å²) in [6.45, 7) is 3.54. The second-order valence-corrected chi connectivity index (χ2v) is 6.50. The van der Waals surface area contributed by atoms with E-state index in [0.29, 0.717) is 29.7 Å². The fourth-order valence-electron chi connectivity index (χ4n) is 2.21. The van der Waals surface area contributed by atoms with Crippen LogP contribution in [0, 0.1) is 6.92 Å². The van der Waals surface area contributed by atoms with Crippen molar-refractivity contribution in [2.45, 2.75) is 20.0 Å². The molecule has 2 aromatic carbocycles. The number of hydrogen-bond donors (Lipinski definition) is 1. The van der Waals surface area contributed by atoms with Gasteiger partial charge in [-0.15, -0.1) is 0 Å². The Morgan fingerprint density at radius 3 is 2.35 bits per heavy atom. The predicted octanol–water partition coefficient (Wildman–Crippen LogP) is 4.05. The Morgan fingerprint density at radius 1 is 1.04 bits per heavy atom. The Bertz CT molecular complexity index is 671. The minimum Gasteiger partial charge on any atom is -0.351 e. The van der Waals surface area contributed by atoms with Crippen molar-refractivity contribution in [2.24, 2.45) is 0 Å². The molecular weight excluding hydrogens is 331 g/mol. The van der Waals surface area contributed by atoms with Crippen molar-refractivity contribution in [3.8, 4) is 0 Å². The zero-order valence-corrected chi connectivity index (χ0v) is 14.8. The number of nitrogens with zero attached hydrogens (tertiary/aromatic N) is 1. The number of amides is 1. The van der Waals surface area contributed by atoms with Crippen LogP contribution in [0.5, 0.6) is 0 Å². The van der Waals surface area contributed by atoms with Crippen LogP contribution in [-0.2, 0) is 17.9 Å². The standard InChI is InChI=1S/C18H20Cl2N2O/c1-13-3-5-14(6-4-13)10-21-18(23)12-22(2)11-15-7-8-16(19)17(20)9-15/h3-9H,10-12H2,1-2H3,(H,21,23). The maximum Gasteiger partial charge on any atom is 0.234 e. The fraction of sp³-hybridized carbons (Fsp3) is 0.278. The molecule has 0 heterocycles. The average molecular weight is 351 g/mol. The first-order chi connectivity index (χ1) is 10.9. The molecule has 0 aliphatic carbocycles. The van der Waals surface area contributed by atoms with E-state index in [0.717, 1.165) is 11.1 Å². The van der Waals surface area contributed by atoms with Crippen molar-refractivity contribution in [2.75, 3.05) is 13.6 Å². The zero-order chi connectivity index (χ0) is 16.8. The van der Waals surface area contributed by atoms with Crippen LogP contribution in [0.4, 0.5) is 0 Å². The topological polar surface area (TPSA) is 32.3 Å². The van der Waals surface area contributed by atoms with Crippen molar-refractivity contribution in [1.82, 2.24) is 10.2 Å². The van der Waals surface area contributed by atoms with Crippen LogP contribution >= 0.6 is 23.2 Å². The molecule has 0 unspecified atom stereocenters. The van der Waals surface area contributed by atoms with Crippen molar-refractivity contribution in [1.29, 1.82) is 0 Å². The van der Waals surface area contributed by atoms with Gasteiger partial charge in [0.15, 0.2) is 0 Å². The number of halogens is 2. The SMILES string of the molecule is Cc1ccc(CNC(=O)CN(C)Cc2ccc(Cl)c(Cl)c2)cc1. The van der Waals surface area contributed by atoms with Crippen LogP contribution in [0.15, 0.2) is 42.5 Å². The van der Waals surface area contributed by atoms with Crippen LogP contribution in [0.2, 0.25) is 10.0 Å². The lowest BCUT2D eigenvalue weighted by atomic mass is 10.1. The van der Waals surface area contributed by atoms with Crippen molar-refractivity contribution in [3.05, 3.63) is 69.2 Å². The highest BCUT2D eigenvalue weighted by Crippen LogP contribution is 2.23. The molecule has 0 saturated heterocycles. The van der Waals surface area contributed by atoms with Crippen molar-refractivity contribution < 1.29 is 4.79 Å². The molecule has 0 atom stereocenters. The highest BCUT2D eigenvalue weighted by Gasteiger charge is 2.08. The molecule has 3 nitrogen and oxygen atoms in total. The minimum absolute atomic E-state index is 0.00636. The number of nitrogens with one attached hydrogen (secondary N) is 1. The molecule has 0 bridgehead atoms. The van der Waals surface area contributed by atoms with Gasteiger partial charge >= 0.3 is 0 Å². The van der Waals surface area contributed by atoms with Crippen LogP contribution in [0.1, 0.15) is 16.7 Å². The molecule has 23 heavy (non-hydrogen) atoms. The molecule has 1 amide bonds. The van der Waals surface area contributed by atoms with E-state index in [2.05, 4.69) is 5.32 Å². The van der Waals surface area contributed by atoms with E-state index in [1.165, 1.54) is 5.56 Å². The minimum atomic E-state index is -0.00636. The van der Waals surface area contributed by atoms with E-state index in [1.54, 1.807) is 6.07 Å². The monoisotopic (exact) mass is 350 g/mol. The lowest BCUT2D eigenvalue weighted by molar-refractivity contribution is -0.122. The average Bonchev–Trinajstić information content (AvgIpc) is 2.50. The van der Waals surface area contributed by atoms with Gasteiger partial charge in [0.2, 0.25) is 5.91 Å². The number of carbonyl (C=O) groups excluding carboxylic acids is 1. The molecule has 0 spiro atoms. The van der Waals surface area contributed by atoms with Gasteiger partial charge in [-0.3, -0.25) is 9.69 Å². The number of hydrogen-bond acceptors (Lipinski definition) is 2. The van der Waals surface area contributed by atoms with Gasteiger partial charge in [-0.05, 0) is 37.2 Å². The van der Waals surface area contributed by atoms with Gasteiger partial charge in [0.25, 0.3) is 0 Å². The predicted molar refractivity (Wildman–Crippen MR) is 95.8 cm³/mol. The van der Waals surface area contributed by atoms with Gasteiger partial charge in [0.1, 0.15) is 0 Å². The normalized spacial score (nSPS) is 10.8. The van der Waals surface area contributed by atoms with Crippen LogP contribution in [-0.4, -0.2) is 24.4 Å². The van der Waals surface area contributed by atoms with Crippen LogP contribution in [0.3, 0.4) is 0 Å². The summed E-state index contributed by atoms with van der Waals surface area (Å²) < 4.78 is 0. The van der Waals surface area contributed by atoms with E-state index in [1.807, 2.05) is 55.3 Å². The molecule has 2 aromatic rings. The maximum absolute atomic E-state index is 12.0. The molecule has 0 fully saturated rings. The molecule has 2 rings (SSSR count). The van der Waals surface area contributed by atoms with Crippen molar-refractivity contribution in [3.63, 3.8) is 0 Å².